The van der Waals surface area contributed by atoms with Crippen molar-refractivity contribution in [1.82, 2.24) is 4.90 Å². The van der Waals surface area contributed by atoms with Gasteiger partial charge in [-0.1, -0.05) is 0 Å². The topological polar surface area (TPSA) is 48.0 Å². The van der Waals surface area contributed by atoms with Crippen LogP contribution in [0.2, 0.25) is 0 Å². The Hall–Kier alpha value is -2.53. The second kappa shape index (κ2) is 8.72. The molecule has 1 aliphatic rings. The molecule has 0 N–H and O–H groups in total. The van der Waals surface area contributed by atoms with E-state index in [0.29, 0.717) is 29.2 Å². The van der Waals surface area contributed by atoms with Crippen molar-refractivity contribution in [3.8, 4) is 17.2 Å². The van der Waals surface area contributed by atoms with E-state index >= 15 is 0 Å². The minimum Gasteiger partial charge on any atom is -0.497 e. The lowest BCUT2D eigenvalue weighted by atomic mass is 10.0. The highest BCUT2D eigenvalue weighted by atomic mass is 16.5. The summed E-state index contributed by atoms with van der Waals surface area (Å²) < 4.78 is 16.4. The summed E-state index contributed by atoms with van der Waals surface area (Å²) in [6.45, 7) is 3.67. The summed E-state index contributed by atoms with van der Waals surface area (Å²) in [6.07, 6.45) is 2.50. The van der Waals surface area contributed by atoms with Crippen molar-refractivity contribution in [2.24, 2.45) is 0 Å². The quantitative estimate of drug-likeness (QED) is 0.679. The van der Waals surface area contributed by atoms with Gasteiger partial charge < -0.3 is 14.2 Å². The van der Waals surface area contributed by atoms with Crippen LogP contribution in [0.4, 0.5) is 0 Å². The Labute approximate surface area is 154 Å². The van der Waals surface area contributed by atoms with Crippen molar-refractivity contribution in [3.63, 3.8) is 0 Å². The van der Waals surface area contributed by atoms with E-state index in [1.807, 2.05) is 0 Å². The van der Waals surface area contributed by atoms with E-state index in [9.17, 15) is 4.79 Å². The van der Waals surface area contributed by atoms with Crippen LogP contribution in [0.3, 0.4) is 0 Å². The van der Waals surface area contributed by atoms with Gasteiger partial charge in [0.05, 0.1) is 19.8 Å². The number of ketones is 1. The van der Waals surface area contributed by atoms with E-state index < -0.39 is 0 Å². The number of nitrogens with zero attached hydrogens (tertiary/aromatic N) is 1. The number of likely N-dealkylation sites (tertiary alicyclic amines) is 1. The summed E-state index contributed by atoms with van der Waals surface area (Å²) in [5.74, 6) is 1.88. The van der Waals surface area contributed by atoms with Crippen LogP contribution in [0.15, 0.2) is 42.5 Å². The smallest absolute Gasteiger partial charge is 0.196 e. The first-order chi connectivity index (χ1) is 12.7. The Morgan fingerprint density at radius 1 is 0.962 bits per heavy atom. The third-order valence-electron chi connectivity index (χ3n) is 4.65. The minimum absolute atomic E-state index is 0.0773. The first-order valence-electron chi connectivity index (χ1n) is 8.93. The predicted molar refractivity (Wildman–Crippen MR) is 101 cm³/mol. The number of hydrogen-bond donors (Lipinski definition) is 0. The molecule has 0 radical (unpaired) electrons. The Morgan fingerprint density at radius 3 is 2.27 bits per heavy atom. The number of hydrogen-bond acceptors (Lipinski definition) is 5. The third-order valence-corrected chi connectivity index (χ3v) is 4.65. The van der Waals surface area contributed by atoms with E-state index in [1.54, 1.807) is 56.7 Å². The fraction of sp³-hybridized carbons (Fsp3) is 0.381. The molecule has 0 atom stereocenters. The Kier molecular flexibility index (Phi) is 6.12. The maximum atomic E-state index is 12.9. The minimum atomic E-state index is -0.0773. The molecule has 0 unspecified atom stereocenters. The zero-order chi connectivity index (χ0) is 18.4. The molecule has 1 saturated heterocycles. The van der Waals surface area contributed by atoms with Crippen molar-refractivity contribution in [3.05, 3.63) is 53.6 Å². The summed E-state index contributed by atoms with van der Waals surface area (Å²) in [4.78, 5) is 15.3. The lowest BCUT2D eigenvalue weighted by molar-refractivity contribution is 0.103. The van der Waals surface area contributed by atoms with Gasteiger partial charge in [0.15, 0.2) is 5.78 Å². The standard InChI is InChI=1S/C21H25NO4/c1-24-17-7-5-16(6-8-17)21(23)19-10-9-18(25-2)15-20(19)26-14-13-22-11-3-4-12-22/h5-10,15H,3-4,11-14H2,1-2H3. The molecular formula is C21H25NO4. The summed E-state index contributed by atoms with van der Waals surface area (Å²) in [5.41, 5.74) is 1.14. The second-order valence-electron chi connectivity index (χ2n) is 6.32. The normalized spacial score (nSPS) is 14.2. The lowest BCUT2D eigenvalue weighted by Gasteiger charge is -2.17. The highest BCUT2D eigenvalue weighted by Gasteiger charge is 2.17. The largest absolute Gasteiger partial charge is 0.497 e. The molecule has 1 heterocycles. The molecule has 1 aliphatic heterocycles. The number of rotatable bonds is 8. The molecule has 5 heteroatoms. The molecule has 0 spiro atoms. The summed E-state index contributed by atoms with van der Waals surface area (Å²) >= 11 is 0. The van der Waals surface area contributed by atoms with E-state index in [-0.39, 0.29) is 5.78 Å². The number of benzene rings is 2. The van der Waals surface area contributed by atoms with E-state index in [1.165, 1.54) is 12.8 Å². The van der Waals surface area contributed by atoms with Crippen LogP contribution in [0.5, 0.6) is 17.2 Å². The summed E-state index contributed by atoms with van der Waals surface area (Å²) in [6, 6.07) is 12.4. The van der Waals surface area contributed by atoms with E-state index in [0.717, 1.165) is 25.4 Å². The average Bonchev–Trinajstić information content (AvgIpc) is 3.21. The third kappa shape index (κ3) is 4.35. The maximum Gasteiger partial charge on any atom is 0.196 e. The maximum absolute atomic E-state index is 12.9. The zero-order valence-electron chi connectivity index (χ0n) is 15.4. The van der Waals surface area contributed by atoms with Crippen LogP contribution in [-0.4, -0.2) is 51.1 Å². The Bertz CT molecular complexity index is 736. The van der Waals surface area contributed by atoms with Crippen LogP contribution < -0.4 is 14.2 Å². The SMILES string of the molecule is COc1ccc(C(=O)c2ccc(OC)cc2OCCN2CCCC2)cc1. The van der Waals surface area contributed by atoms with Crippen LogP contribution in [0, 0.1) is 0 Å². The van der Waals surface area contributed by atoms with Crippen molar-refractivity contribution in [2.45, 2.75) is 12.8 Å². The van der Waals surface area contributed by atoms with Gasteiger partial charge >= 0.3 is 0 Å². The molecule has 0 bridgehead atoms. The van der Waals surface area contributed by atoms with Crippen molar-refractivity contribution in [2.75, 3.05) is 40.5 Å². The molecule has 26 heavy (non-hydrogen) atoms. The molecule has 0 aromatic heterocycles. The van der Waals surface area contributed by atoms with E-state index in [4.69, 9.17) is 14.2 Å². The highest BCUT2D eigenvalue weighted by Crippen LogP contribution is 2.27. The monoisotopic (exact) mass is 355 g/mol. The van der Waals surface area contributed by atoms with E-state index in [2.05, 4.69) is 4.90 Å². The van der Waals surface area contributed by atoms with Crippen LogP contribution in [0.1, 0.15) is 28.8 Å². The molecule has 0 saturated carbocycles. The van der Waals surface area contributed by atoms with Crippen molar-refractivity contribution in [1.29, 1.82) is 0 Å². The van der Waals surface area contributed by atoms with Gasteiger partial charge in [-0.2, -0.15) is 0 Å². The van der Waals surface area contributed by atoms with Crippen LogP contribution >= 0.6 is 0 Å². The Balaban J connectivity index is 1.76. The van der Waals surface area contributed by atoms with Crippen molar-refractivity contribution < 1.29 is 19.0 Å². The van der Waals surface area contributed by atoms with Gasteiger partial charge in [-0.25, -0.2) is 0 Å². The van der Waals surface area contributed by atoms with Crippen LogP contribution in [0.25, 0.3) is 0 Å². The highest BCUT2D eigenvalue weighted by molar-refractivity contribution is 6.10. The van der Waals surface area contributed by atoms with Gasteiger partial charge in [-0.3, -0.25) is 9.69 Å². The van der Waals surface area contributed by atoms with Crippen molar-refractivity contribution >= 4 is 5.78 Å². The summed E-state index contributed by atoms with van der Waals surface area (Å²) in [7, 11) is 3.21. The molecule has 138 valence electrons. The first-order valence-corrected chi connectivity index (χ1v) is 8.93. The molecule has 5 nitrogen and oxygen atoms in total. The fourth-order valence-corrected chi connectivity index (χ4v) is 3.13. The first kappa shape index (κ1) is 18.3. The molecule has 2 aromatic carbocycles. The zero-order valence-corrected chi connectivity index (χ0v) is 15.4. The molecular weight excluding hydrogens is 330 g/mol. The second-order valence-corrected chi connectivity index (χ2v) is 6.32. The lowest BCUT2D eigenvalue weighted by Crippen LogP contribution is -2.25. The number of methoxy groups -OCH3 is 2. The van der Waals surface area contributed by atoms with Gasteiger partial charge in [0, 0.05) is 18.2 Å². The van der Waals surface area contributed by atoms with Crippen LogP contribution in [-0.2, 0) is 0 Å². The Morgan fingerprint density at radius 2 is 1.62 bits per heavy atom. The predicted octanol–water partition coefficient (Wildman–Crippen LogP) is 3.41. The van der Waals surface area contributed by atoms with Gasteiger partial charge in [0.2, 0.25) is 0 Å². The number of carbonyl (C=O) groups excluding carboxylic acids is 1. The van der Waals surface area contributed by atoms with Gasteiger partial charge in [-0.15, -0.1) is 0 Å². The molecule has 1 fully saturated rings. The molecule has 2 aromatic rings. The fourth-order valence-electron chi connectivity index (χ4n) is 3.13. The molecule has 3 rings (SSSR count). The summed E-state index contributed by atoms with van der Waals surface area (Å²) in [5, 5.41) is 0. The molecule has 0 aliphatic carbocycles. The van der Waals surface area contributed by atoms with Gasteiger partial charge in [0.25, 0.3) is 0 Å². The molecule has 0 amide bonds. The number of ether oxygens (including phenoxy) is 3. The number of carbonyl (C=O) groups is 1. The average molecular weight is 355 g/mol. The van der Waals surface area contributed by atoms with Gasteiger partial charge in [0.1, 0.15) is 23.9 Å². The van der Waals surface area contributed by atoms with Gasteiger partial charge in [-0.05, 0) is 62.3 Å².